The molecule has 0 unspecified atom stereocenters. The third kappa shape index (κ3) is 5.55. The second kappa shape index (κ2) is 9.20. The van der Waals surface area contributed by atoms with Crippen LogP contribution in [0.4, 0.5) is 0 Å². The fourth-order valence-corrected chi connectivity index (χ4v) is 4.37. The molecule has 0 radical (unpaired) electrons. The van der Waals surface area contributed by atoms with Gasteiger partial charge >= 0.3 is 0 Å². The molecule has 152 valence electrons. The van der Waals surface area contributed by atoms with Crippen LogP contribution in [0.15, 0.2) is 6.07 Å². The zero-order valence-corrected chi connectivity index (χ0v) is 17.5. The zero-order valence-electron chi connectivity index (χ0n) is 17.5. The Kier molecular flexibility index (Phi) is 6.93. The third-order valence-electron chi connectivity index (χ3n) is 6.04. The number of aromatic nitrogens is 2. The van der Waals surface area contributed by atoms with Crippen LogP contribution in [-0.2, 0) is 11.3 Å². The summed E-state index contributed by atoms with van der Waals surface area (Å²) in [6.07, 6.45) is 4.47. The molecular weight excluding hydrogens is 338 g/mol. The summed E-state index contributed by atoms with van der Waals surface area (Å²) in [5, 5.41) is 10.7. The summed E-state index contributed by atoms with van der Waals surface area (Å²) in [6, 6.07) is 3.14. The maximum absolute atomic E-state index is 12.2. The van der Waals surface area contributed by atoms with Crippen molar-refractivity contribution in [3.63, 3.8) is 0 Å². The lowest BCUT2D eigenvalue weighted by atomic mass is 9.92. The average molecular weight is 376 g/mol. The SMILES string of the molecule is CC(C)NC(=O)C1CCN(C2CCN(Cc3cc(C(C)C)n[nH]3)CC2)CC1. The number of carbonyl (C=O) groups excluding carboxylic acids is 1. The van der Waals surface area contributed by atoms with Gasteiger partial charge in [0, 0.05) is 43.3 Å². The molecule has 1 aromatic rings. The maximum atomic E-state index is 12.2. The molecule has 1 amide bonds. The van der Waals surface area contributed by atoms with E-state index < -0.39 is 0 Å². The molecule has 0 aliphatic carbocycles. The van der Waals surface area contributed by atoms with Crippen molar-refractivity contribution in [1.29, 1.82) is 0 Å². The van der Waals surface area contributed by atoms with Crippen LogP contribution < -0.4 is 5.32 Å². The first-order valence-electron chi connectivity index (χ1n) is 10.7. The highest BCUT2D eigenvalue weighted by atomic mass is 16.1. The number of carbonyl (C=O) groups is 1. The topological polar surface area (TPSA) is 64.3 Å². The first kappa shape index (κ1) is 20.3. The van der Waals surface area contributed by atoms with Crippen LogP contribution >= 0.6 is 0 Å². The average Bonchev–Trinajstić information content (AvgIpc) is 3.11. The van der Waals surface area contributed by atoms with Crippen LogP contribution in [0.1, 0.15) is 70.7 Å². The van der Waals surface area contributed by atoms with Crippen molar-refractivity contribution in [2.24, 2.45) is 5.92 Å². The first-order chi connectivity index (χ1) is 12.9. The minimum Gasteiger partial charge on any atom is -0.354 e. The molecule has 0 atom stereocenters. The molecule has 2 fully saturated rings. The van der Waals surface area contributed by atoms with E-state index in [1.807, 2.05) is 13.8 Å². The summed E-state index contributed by atoms with van der Waals surface area (Å²) in [6.45, 7) is 13.8. The van der Waals surface area contributed by atoms with Crippen molar-refractivity contribution in [3.05, 3.63) is 17.5 Å². The van der Waals surface area contributed by atoms with Crippen LogP contribution in [0.3, 0.4) is 0 Å². The van der Waals surface area contributed by atoms with E-state index in [0.29, 0.717) is 12.0 Å². The number of hydrogen-bond donors (Lipinski definition) is 2. The van der Waals surface area contributed by atoms with Crippen molar-refractivity contribution in [2.75, 3.05) is 26.2 Å². The highest BCUT2D eigenvalue weighted by molar-refractivity contribution is 5.78. The van der Waals surface area contributed by atoms with E-state index in [4.69, 9.17) is 0 Å². The van der Waals surface area contributed by atoms with Gasteiger partial charge in [-0.3, -0.25) is 14.8 Å². The van der Waals surface area contributed by atoms with Gasteiger partial charge in [0.15, 0.2) is 0 Å². The largest absolute Gasteiger partial charge is 0.354 e. The van der Waals surface area contributed by atoms with Gasteiger partial charge in [-0.15, -0.1) is 0 Å². The van der Waals surface area contributed by atoms with Crippen LogP contribution in [0, 0.1) is 5.92 Å². The molecular formula is C21H37N5O. The molecule has 6 nitrogen and oxygen atoms in total. The Morgan fingerprint density at radius 2 is 1.81 bits per heavy atom. The van der Waals surface area contributed by atoms with Crippen molar-refractivity contribution in [2.45, 2.75) is 77.9 Å². The first-order valence-corrected chi connectivity index (χ1v) is 10.7. The number of aromatic amines is 1. The Morgan fingerprint density at radius 3 is 2.37 bits per heavy atom. The number of rotatable bonds is 6. The predicted octanol–water partition coefficient (Wildman–Crippen LogP) is 2.73. The molecule has 3 rings (SSSR count). The third-order valence-corrected chi connectivity index (χ3v) is 6.04. The van der Waals surface area contributed by atoms with Gasteiger partial charge in [-0.25, -0.2) is 0 Å². The number of likely N-dealkylation sites (tertiary alicyclic amines) is 2. The van der Waals surface area contributed by atoms with Gasteiger partial charge in [0.05, 0.1) is 5.69 Å². The fourth-order valence-electron chi connectivity index (χ4n) is 4.37. The molecule has 2 aliphatic rings. The summed E-state index contributed by atoms with van der Waals surface area (Å²) >= 11 is 0. The molecule has 0 aromatic carbocycles. The molecule has 6 heteroatoms. The molecule has 27 heavy (non-hydrogen) atoms. The lowest BCUT2D eigenvalue weighted by Crippen LogP contribution is -2.49. The van der Waals surface area contributed by atoms with Crippen LogP contribution in [0.2, 0.25) is 0 Å². The number of nitrogens with one attached hydrogen (secondary N) is 2. The van der Waals surface area contributed by atoms with Crippen LogP contribution in [0.5, 0.6) is 0 Å². The van der Waals surface area contributed by atoms with Gasteiger partial charge in [0.25, 0.3) is 0 Å². The summed E-state index contributed by atoms with van der Waals surface area (Å²) in [5.74, 6) is 0.936. The maximum Gasteiger partial charge on any atom is 0.223 e. The Bertz CT molecular complexity index is 595. The van der Waals surface area contributed by atoms with E-state index in [1.165, 1.54) is 18.5 Å². The van der Waals surface area contributed by atoms with Gasteiger partial charge in [-0.1, -0.05) is 13.8 Å². The molecule has 2 N–H and O–H groups in total. The Morgan fingerprint density at radius 1 is 1.15 bits per heavy atom. The highest BCUT2D eigenvalue weighted by Crippen LogP contribution is 2.25. The molecule has 0 bridgehead atoms. The minimum absolute atomic E-state index is 0.208. The molecule has 1 aromatic heterocycles. The van der Waals surface area contributed by atoms with Gasteiger partial charge in [-0.05, 0) is 64.6 Å². The number of hydrogen-bond acceptors (Lipinski definition) is 4. The van der Waals surface area contributed by atoms with Gasteiger partial charge in [-0.2, -0.15) is 5.10 Å². The van der Waals surface area contributed by atoms with E-state index in [0.717, 1.165) is 51.3 Å². The summed E-state index contributed by atoms with van der Waals surface area (Å²) in [5.41, 5.74) is 2.39. The van der Waals surface area contributed by atoms with E-state index in [1.54, 1.807) is 0 Å². The molecule has 2 aliphatic heterocycles. The predicted molar refractivity (Wildman–Crippen MR) is 109 cm³/mol. The molecule has 0 saturated carbocycles. The highest BCUT2D eigenvalue weighted by Gasteiger charge is 2.30. The number of piperidine rings is 2. The van der Waals surface area contributed by atoms with E-state index in [2.05, 4.69) is 45.2 Å². The molecule has 2 saturated heterocycles. The second-order valence-corrected chi connectivity index (χ2v) is 8.95. The van der Waals surface area contributed by atoms with E-state index in [-0.39, 0.29) is 17.9 Å². The Labute approximate surface area is 164 Å². The van der Waals surface area contributed by atoms with E-state index >= 15 is 0 Å². The van der Waals surface area contributed by atoms with E-state index in [9.17, 15) is 4.79 Å². The molecule has 3 heterocycles. The molecule has 0 spiro atoms. The normalized spacial score (nSPS) is 21.3. The monoisotopic (exact) mass is 375 g/mol. The lowest BCUT2D eigenvalue weighted by Gasteiger charge is -2.41. The summed E-state index contributed by atoms with van der Waals surface area (Å²) < 4.78 is 0. The smallest absolute Gasteiger partial charge is 0.223 e. The number of H-pyrrole nitrogens is 1. The minimum atomic E-state index is 0.208. The van der Waals surface area contributed by atoms with Crippen molar-refractivity contribution >= 4 is 5.91 Å². The number of nitrogens with zero attached hydrogens (tertiary/aromatic N) is 3. The fraction of sp³-hybridized carbons (Fsp3) is 0.810. The Hall–Kier alpha value is -1.40. The van der Waals surface area contributed by atoms with Gasteiger partial charge < -0.3 is 10.2 Å². The second-order valence-electron chi connectivity index (χ2n) is 8.95. The van der Waals surface area contributed by atoms with Crippen molar-refractivity contribution in [3.8, 4) is 0 Å². The standard InChI is InChI=1S/C21H37N5O/c1-15(2)20-13-18(23-24-20)14-25-9-7-19(8-10-25)26-11-5-17(6-12-26)21(27)22-16(3)4/h13,15-17,19H,5-12,14H2,1-4H3,(H,22,27)(H,23,24). The lowest BCUT2D eigenvalue weighted by molar-refractivity contribution is -0.127. The van der Waals surface area contributed by atoms with Crippen molar-refractivity contribution in [1.82, 2.24) is 25.3 Å². The van der Waals surface area contributed by atoms with Gasteiger partial charge in [0.2, 0.25) is 5.91 Å². The quantitative estimate of drug-likeness (QED) is 0.802. The van der Waals surface area contributed by atoms with Crippen LogP contribution in [-0.4, -0.2) is 64.2 Å². The van der Waals surface area contributed by atoms with Gasteiger partial charge in [0.1, 0.15) is 0 Å². The number of amides is 1. The van der Waals surface area contributed by atoms with Crippen LogP contribution in [0.25, 0.3) is 0 Å². The Balaban J connectivity index is 1.40. The summed E-state index contributed by atoms with van der Waals surface area (Å²) in [4.78, 5) is 17.4. The summed E-state index contributed by atoms with van der Waals surface area (Å²) in [7, 11) is 0. The van der Waals surface area contributed by atoms with Crippen molar-refractivity contribution < 1.29 is 4.79 Å². The zero-order chi connectivity index (χ0) is 19.4.